The predicted octanol–water partition coefficient (Wildman–Crippen LogP) is 6.31. The first-order valence-electron chi connectivity index (χ1n) is 6.56. The molecule has 2 rings (SSSR count). The first-order valence-corrected chi connectivity index (χ1v) is 7.32. The molecule has 1 atom stereocenters. The highest BCUT2D eigenvalue weighted by molar-refractivity contribution is 6.33. The summed E-state index contributed by atoms with van der Waals surface area (Å²) in [7, 11) is 0. The zero-order valence-electron chi connectivity index (χ0n) is 11.1. The molecule has 1 aliphatic carbocycles. The highest BCUT2D eigenvalue weighted by atomic mass is 35.5. The minimum atomic E-state index is -2.50. The van der Waals surface area contributed by atoms with E-state index in [1.165, 1.54) is 0 Å². The molecule has 1 aromatic carbocycles. The van der Waals surface area contributed by atoms with Crippen LogP contribution in [0.3, 0.4) is 0 Å². The molecule has 0 amide bonds. The van der Waals surface area contributed by atoms with Gasteiger partial charge in [0.25, 0.3) is 0 Å². The van der Waals surface area contributed by atoms with E-state index in [9.17, 15) is 8.78 Å². The van der Waals surface area contributed by atoms with Crippen LogP contribution in [0.2, 0.25) is 10.0 Å². The van der Waals surface area contributed by atoms with Gasteiger partial charge in [-0.15, -0.1) is 0 Å². The standard InChI is InChI=1S/C15H18Cl2F2/c1-10(12-9-11(16)3-4-13(12)17)14(2)5-7-15(18,19)8-6-14/h3-4,9-10H,5-8H2,1-2H3. The zero-order chi connectivity index (χ0) is 14.3. The van der Waals surface area contributed by atoms with Gasteiger partial charge in [0.2, 0.25) is 5.92 Å². The lowest BCUT2D eigenvalue weighted by Crippen LogP contribution is -2.34. The molecular weight excluding hydrogens is 289 g/mol. The first-order chi connectivity index (χ1) is 8.73. The Morgan fingerprint density at radius 1 is 1.11 bits per heavy atom. The number of halogens is 4. The number of benzene rings is 1. The fourth-order valence-corrected chi connectivity index (χ4v) is 3.30. The number of alkyl halides is 2. The Hall–Kier alpha value is -0.340. The maximum absolute atomic E-state index is 13.3. The molecule has 0 nitrogen and oxygen atoms in total. The lowest BCUT2D eigenvalue weighted by Gasteiger charge is -2.42. The normalized spacial score (nSPS) is 23.1. The molecule has 1 unspecified atom stereocenters. The van der Waals surface area contributed by atoms with Gasteiger partial charge in [-0.25, -0.2) is 8.78 Å². The fourth-order valence-electron chi connectivity index (χ4n) is 2.84. The van der Waals surface area contributed by atoms with Gasteiger partial charge in [-0.3, -0.25) is 0 Å². The topological polar surface area (TPSA) is 0 Å². The Morgan fingerprint density at radius 3 is 2.26 bits per heavy atom. The van der Waals surface area contributed by atoms with Crippen molar-refractivity contribution in [2.45, 2.75) is 51.4 Å². The zero-order valence-corrected chi connectivity index (χ0v) is 12.7. The molecule has 0 bridgehead atoms. The summed E-state index contributed by atoms with van der Waals surface area (Å²) in [6.45, 7) is 4.13. The third-order valence-corrected chi connectivity index (χ3v) is 5.17. The van der Waals surface area contributed by atoms with Crippen molar-refractivity contribution < 1.29 is 8.78 Å². The second-order valence-electron chi connectivity index (χ2n) is 5.90. The van der Waals surface area contributed by atoms with Crippen molar-refractivity contribution in [3.05, 3.63) is 33.8 Å². The summed E-state index contributed by atoms with van der Waals surface area (Å²) in [6.07, 6.45) is 0.964. The van der Waals surface area contributed by atoms with Gasteiger partial charge in [-0.2, -0.15) is 0 Å². The van der Waals surface area contributed by atoms with Gasteiger partial charge < -0.3 is 0 Å². The maximum atomic E-state index is 13.3. The van der Waals surface area contributed by atoms with Crippen LogP contribution in [-0.2, 0) is 0 Å². The maximum Gasteiger partial charge on any atom is 0.248 e. The summed E-state index contributed by atoms with van der Waals surface area (Å²) < 4.78 is 26.6. The molecule has 0 radical (unpaired) electrons. The highest BCUT2D eigenvalue weighted by Gasteiger charge is 2.43. The Kier molecular flexibility index (Phi) is 4.13. The van der Waals surface area contributed by atoms with E-state index in [1.807, 2.05) is 6.07 Å². The SMILES string of the molecule is CC(c1cc(Cl)ccc1Cl)C1(C)CCC(F)(F)CC1. The molecule has 0 aromatic heterocycles. The third kappa shape index (κ3) is 3.22. The van der Waals surface area contributed by atoms with Crippen molar-refractivity contribution in [3.63, 3.8) is 0 Å². The average molecular weight is 307 g/mol. The van der Waals surface area contributed by atoms with Crippen LogP contribution in [0.1, 0.15) is 51.0 Å². The van der Waals surface area contributed by atoms with E-state index in [-0.39, 0.29) is 24.2 Å². The van der Waals surface area contributed by atoms with Crippen molar-refractivity contribution in [3.8, 4) is 0 Å². The van der Waals surface area contributed by atoms with Gasteiger partial charge in [-0.05, 0) is 47.9 Å². The molecule has 106 valence electrons. The second kappa shape index (κ2) is 5.21. The molecule has 0 heterocycles. The van der Waals surface area contributed by atoms with E-state index in [2.05, 4.69) is 13.8 Å². The van der Waals surface area contributed by atoms with Crippen LogP contribution in [-0.4, -0.2) is 5.92 Å². The van der Waals surface area contributed by atoms with E-state index >= 15 is 0 Å². The van der Waals surface area contributed by atoms with Crippen LogP contribution >= 0.6 is 23.2 Å². The van der Waals surface area contributed by atoms with Crippen LogP contribution in [0.4, 0.5) is 8.78 Å². The Bertz CT molecular complexity index is 461. The van der Waals surface area contributed by atoms with Crippen molar-refractivity contribution in [1.29, 1.82) is 0 Å². The van der Waals surface area contributed by atoms with Crippen molar-refractivity contribution in [1.82, 2.24) is 0 Å². The Morgan fingerprint density at radius 2 is 1.68 bits per heavy atom. The Labute approximate surface area is 123 Å². The summed E-state index contributed by atoms with van der Waals surface area (Å²) in [4.78, 5) is 0. The molecule has 1 aromatic rings. The lowest BCUT2D eigenvalue weighted by atomic mass is 9.65. The highest BCUT2D eigenvalue weighted by Crippen LogP contribution is 2.51. The molecule has 1 saturated carbocycles. The van der Waals surface area contributed by atoms with E-state index in [1.54, 1.807) is 12.1 Å². The summed E-state index contributed by atoms with van der Waals surface area (Å²) in [6, 6.07) is 5.38. The molecule has 1 aliphatic rings. The minimum Gasteiger partial charge on any atom is -0.207 e. The molecule has 1 fully saturated rings. The lowest BCUT2D eigenvalue weighted by molar-refractivity contribution is -0.0678. The van der Waals surface area contributed by atoms with E-state index in [4.69, 9.17) is 23.2 Å². The number of rotatable bonds is 2. The second-order valence-corrected chi connectivity index (χ2v) is 6.74. The summed E-state index contributed by atoms with van der Waals surface area (Å²) in [5.41, 5.74) is 0.817. The average Bonchev–Trinajstić information content (AvgIpc) is 2.35. The predicted molar refractivity (Wildman–Crippen MR) is 76.4 cm³/mol. The molecule has 0 N–H and O–H groups in total. The molecule has 0 saturated heterocycles. The van der Waals surface area contributed by atoms with Crippen LogP contribution in [0, 0.1) is 5.41 Å². The van der Waals surface area contributed by atoms with Gasteiger partial charge in [0.1, 0.15) is 0 Å². The number of hydrogen-bond acceptors (Lipinski definition) is 0. The van der Waals surface area contributed by atoms with Crippen LogP contribution < -0.4 is 0 Å². The van der Waals surface area contributed by atoms with E-state index in [0.29, 0.717) is 22.9 Å². The summed E-state index contributed by atoms with van der Waals surface area (Å²) >= 11 is 12.2. The smallest absolute Gasteiger partial charge is 0.207 e. The van der Waals surface area contributed by atoms with E-state index in [0.717, 1.165) is 5.56 Å². The first kappa shape index (κ1) is 15.1. The number of hydrogen-bond donors (Lipinski definition) is 0. The van der Waals surface area contributed by atoms with Crippen LogP contribution in [0.15, 0.2) is 18.2 Å². The summed E-state index contributed by atoms with van der Waals surface area (Å²) in [5.74, 6) is -2.38. The molecule has 4 heteroatoms. The van der Waals surface area contributed by atoms with E-state index < -0.39 is 5.92 Å². The molecule has 19 heavy (non-hydrogen) atoms. The van der Waals surface area contributed by atoms with Gasteiger partial charge in [0.15, 0.2) is 0 Å². The van der Waals surface area contributed by atoms with Crippen molar-refractivity contribution in [2.75, 3.05) is 0 Å². The van der Waals surface area contributed by atoms with Gasteiger partial charge in [0.05, 0.1) is 0 Å². The quantitative estimate of drug-likeness (QED) is 0.600. The van der Waals surface area contributed by atoms with Crippen molar-refractivity contribution in [2.24, 2.45) is 5.41 Å². The minimum absolute atomic E-state index is 0.0357. The summed E-state index contributed by atoms with van der Waals surface area (Å²) in [5, 5.41) is 1.30. The van der Waals surface area contributed by atoms with Gasteiger partial charge in [0, 0.05) is 22.9 Å². The van der Waals surface area contributed by atoms with Crippen LogP contribution in [0.25, 0.3) is 0 Å². The Balaban J connectivity index is 2.24. The third-order valence-electron chi connectivity index (χ3n) is 4.59. The van der Waals surface area contributed by atoms with Crippen LogP contribution in [0.5, 0.6) is 0 Å². The van der Waals surface area contributed by atoms with Crippen molar-refractivity contribution >= 4 is 23.2 Å². The molecule has 0 aliphatic heterocycles. The molecular formula is C15H18Cl2F2. The van der Waals surface area contributed by atoms with Gasteiger partial charge in [-0.1, -0.05) is 37.0 Å². The largest absolute Gasteiger partial charge is 0.248 e. The fraction of sp³-hybridized carbons (Fsp3) is 0.600. The van der Waals surface area contributed by atoms with Gasteiger partial charge >= 0.3 is 0 Å². The molecule has 0 spiro atoms. The monoisotopic (exact) mass is 306 g/mol.